The summed E-state index contributed by atoms with van der Waals surface area (Å²) in [7, 11) is 1.61. The first-order valence-electron chi connectivity index (χ1n) is 9.79. The number of fused-ring (bicyclic) bond motifs is 2. The molecule has 1 unspecified atom stereocenters. The van der Waals surface area contributed by atoms with Crippen LogP contribution in [0.5, 0.6) is 5.75 Å². The molecule has 5 rings (SSSR count). The molecule has 31 heavy (non-hydrogen) atoms. The van der Waals surface area contributed by atoms with Gasteiger partial charge in [-0.1, -0.05) is 35.6 Å². The van der Waals surface area contributed by atoms with E-state index >= 15 is 0 Å². The summed E-state index contributed by atoms with van der Waals surface area (Å²) in [4.78, 5) is 32.4. The van der Waals surface area contributed by atoms with E-state index in [4.69, 9.17) is 9.15 Å². The van der Waals surface area contributed by atoms with E-state index in [-0.39, 0.29) is 17.6 Å². The number of carbonyl (C=O) groups excluding carboxylic acids is 2. The van der Waals surface area contributed by atoms with Crippen LogP contribution in [0.15, 0.2) is 65.3 Å². The largest absolute Gasteiger partial charge is 0.497 e. The molecule has 0 radical (unpaired) electrons. The van der Waals surface area contributed by atoms with E-state index in [1.807, 2.05) is 42.5 Å². The molecule has 1 aliphatic rings. The maximum atomic E-state index is 13.3. The molecule has 1 atom stereocenters. The predicted molar refractivity (Wildman–Crippen MR) is 117 cm³/mol. The van der Waals surface area contributed by atoms with Crippen LogP contribution >= 0.6 is 11.3 Å². The number of aromatic nitrogens is 1. The summed E-state index contributed by atoms with van der Waals surface area (Å²) < 4.78 is 11.5. The summed E-state index contributed by atoms with van der Waals surface area (Å²) in [5, 5.41) is 3.39. The molecule has 156 valence electrons. The highest BCUT2D eigenvalue weighted by molar-refractivity contribution is 7.22. The Bertz CT molecular complexity index is 1270. The van der Waals surface area contributed by atoms with E-state index in [0.29, 0.717) is 18.1 Å². The molecule has 0 bridgehead atoms. The van der Waals surface area contributed by atoms with Crippen LogP contribution in [0.3, 0.4) is 0 Å². The van der Waals surface area contributed by atoms with Crippen molar-refractivity contribution in [2.75, 3.05) is 12.4 Å². The summed E-state index contributed by atoms with van der Waals surface area (Å²) in [6, 6.07) is 16.0. The molecule has 1 N–H and O–H groups in total. The molecule has 2 aromatic heterocycles. The third-order valence-electron chi connectivity index (χ3n) is 5.37. The topological polar surface area (TPSA) is 84.7 Å². The third kappa shape index (κ3) is 3.66. The van der Waals surface area contributed by atoms with Gasteiger partial charge in [-0.3, -0.25) is 9.59 Å². The van der Waals surface area contributed by atoms with Crippen LogP contribution in [0.1, 0.15) is 21.7 Å². The highest BCUT2D eigenvalue weighted by atomic mass is 32.1. The van der Waals surface area contributed by atoms with Gasteiger partial charge in [-0.15, -0.1) is 0 Å². The second kappa shape index (κ2) is 7.88. The molecule has 0 spiro atoms. The summed E-state index contributed by atoms with van der Waals surface area (Å²) in [5.74, 6) is 0.353. The van der Waals surface area contributed by atoms with Gasteiger partial charge < -0.3 is 19.4 Å². The summed E-state index contributed by atoms with van der Waals surface area (Å²) >= 11 is 1.37. The minimum Gasteiger partial charge on any atom is -0.497 e. The first-order chi connectivity index (χ1) is 15.1. The number of nitrogens with zero attached hydrogens (tertiary/aromatic N) is 2. The maximum absolute atomic E-state index is 13.3. The van der Waals surface area contributed by atoms with Crippen LogP contribution in [-0.2, 0) is 17.8 Å². The van der Waals surface area contributed by atoms with Gasteiger partial charge >= 0.3 is 0 Å². The fourth-order valence-electron chi connectivity index (χ4n) is 3.79. The lowest BCUT2D eigenvalue weighted by Crippen LogP contribution is -2.50. The van der Waals surface area contributed by atoms with Crippen LogP contribution in [0.4, 0.5) is 5.13 Å². The molecule has 2 amide bonds. The van der Waals surface area contributed by atoms with Gasteiger partial charge in [0.05, 0.1) is 23.6 Å². The number of hydrogen-bond donors (Lipinski definition) is 1. The Labute approximate surface area is 182 Å². The fraction of sp³-hybridized carbons (Fsp3) is 0.174. The Balaban J connectivity index is 1.44. The van der Waals surface area contributed by atoms with E-state index in [1.54, 1.807) is 24.1 Å². The van der Waals surface area contributed by atoms with Crippen LogP contribution in [-0.4, -0.2) is 34.8 Å². The molecule has 7 nitrogen and oxygen atoms in total. The van der Waals surface area contributed by atoms with Gasteiger partial charge in [0.1, 0.15) is 11.8 Å². The SMILES string of the molecule is COc1ccc2nc(NC(=O)C3Cc4ccccc4CN3C(=O)c3ccco3)sc2c1. The summed E-state index contributed by atoms with van der Waals surface area (Å²) in [5.41, 5.74) is 2.86. The van der Waals surface area contributed by atoms with Crippen molar-refractivity contribution in [3.05, 3.63) is 77.7 Å². The molecule has 0 saturated carbocycles. The quantitative estimate of drug-likeness (QED) is 0.524. The van der Waals surface area contributed by atoms with Gasteiger partial charge in [0.15, 0.2) is 10.9 Å². The Morgan fingerprint density at radius 1 is 1.16 bits per heavy atom. The molecule has 2 aromatic carbocycles. The van der Waals surface area contributed by atoms with Crippen molar-refractivity contribution in [1.82, 2.24) is 9.88 Å². The maximum Gasteiger partial charge on any atom is 0.290 e. The third-order valence-corrected chi connectivity index (χ3v) is 6.30. The Hall–Kier alpha value is -3.65. The number of ether oxygens (including phenoxy) is 1. The van der Waals surface area contributed by atoms with Crippen molar-refractivity contribution in [2.24, 2.45) is 0 Å². The van der Waals surface area contributed by atoms with Crippen molar-refractivity contribution >= 4 is 38.5 Å². The van der Waals surface area contributed by atoms with Gasteiger partial charge in [-0.25, -0.2) is 4.98 Å². The zero-order valence-corrected chi connectivity index (χ0v) is 17.5. The smallest absolute Gasteiger partial charge is 0.290 e. The number of rotatable bonds is 4. The van der Waals surface area contributed by atoms with E-state index in [1.165, 1.54) is 17.6 Å². The van der Waals surface area contributed by atoms with E-state index in [9.17, 15) is 9.59 Å². The first-order valence-corrected chi connectivity index (χ1v) is 10.6. The predicted octanol–water partition coefficient (Wildman–Crippen LogP) is 4.10. The molecule has 0 saturated heterocycles. The average Bonchev–Trinajstić information content (AvgIpc) is 3.46. The molecular formula is C23H19N3O4S. The molecule has 0 fully saturated rings. The number of furan rings is 1. The van der Waals surface area contributed by atoms with Gasteiger partial charge in [-0.05, 0) is 41.5 Å². The standard InChI is InChI=1S/C23H19N3O4S/c1-29-16-8-9-17-20(12-16)31-23(24-17)25-21(27)18-11-14-5-2-3-6-15(14)13-26(18)22(28)19-7-4-10-30-19/h2-10,12,18H,11,13H2,1H3,(H,24,25,27). The molecule has 3 heterocycles. The second-order valence-corrected chi connectivity index (χ2v) is 8.27. The Kier molecular flexibility index (Phi) is 4.91. The molecular weight excluding hydrogens is 414 g/mol. The van der Waals surface area contributed by atoms with Gasteiger partial charge in [0.25, 0.3) is 5.91 Å². The zero-order chi connectivity index (χ0) is 21.4. The van der Waals surface area contributed by atoms with Gasteiger partial charge in [-0.2, -0.15) is 0 Å². The van der Waals surface area contributed by atoms with E-state index in [0.717, 1.165) is 27.1 Å². The highest BCUT2D eigenvalue weighted by Gasteiger charge is 2.36. The Morgan fingerprint density at radius 3 is 2.77 bits per heavy atom. The van der Waals surface area contributed by atoms with Crippen LogP contribution in [0, 0.1) is 0 Å². The summed E-state index contributed by atoms with van der Waals surface area (Å²) in [6.45, 7) is 0.338. The number of benzene rings is 2. The minimum absolute atomic E-state index is 0.212. The Morgan fingerprint density at radius 2 is 2.00 bits per heavy atom. The minimum atomic E-state index is -0.672. The highest BCUT2D eigenvalue weighted by Crippen LogP contribution is 2.31. The van der Waals surface area contributed by atoms with E-state index < -0.39 is 6.04 Å². The normalized spacial score (nSPS) is 15.5. The number of hydrogen-bond acceptors (Lipinski definition) is 6. The van der Waals surface area contributed by atoms with Gasteiger partial charge in [0, 0.05) is 13.0 Å². The number of thiazole rings is 1. The van der Waals surface area contributed by atoms with Crippen LogP contribution in [0.2, 0.25) is 0 Å². The van der Waals surface area contributed by atoms with E-state index in [2.05, 4.69) is 10.3 Å². The number of anilines is 1. The monoisotopic (exact) mass is 433 g/mol. The zero-order valence-electron chi connectivity index (χ0n) is 16.7. The van der Waals surface area contributed by atoms with Gasteiger partial charge in [0.2, 0.25) is 5.91 Å². The van der Waals surface area contributed by atoms with Crippen molar-refractivity contribution in [1.29, 1.82) is 0 Å². The number of amides is 2. The number of methoxy groups -OCH3 is 1. The number of nitrogens with one attached hydrogen (secondary N) is 1. The molecule has 0 aliphatic carbocycles. The lowest BCUT2D eigenvalue weighted by atomic mass is 9.93. The number of carbonyl (C=O) groups is 2. The van der Waals surface area contributed by atoms with Crippen molar-refractivity contribution in [2.45, 2.75) is 19.0 Å². The van der Waals surface area contributed by atoms with Crippen molar-refractivity contribution < 1.29 is 18.7 Å². The second-order valence-electron chi connectivity index (χ2n) is 7.24. The summed E-state index contributed by atoms with van der Waals surface area (Å²) in [6.07, 6.45) is 1.88. The molecule has 1 aliphatic heterocycles. The average molecular weight is 433 g/mol. The lowest BCUT2D eigenvalue weighted by Gasteiger charge is -2.35. The van der Waals surface area contributed by atoms with Crippen molar-refractivity contribution in [3.8, 4) is 5.75 Å². The lowest BCUT2D eigenvalue weighted by molar-refractivity contribution is -0.121. The first kappa shape index (κ1) is 19.3. The fourth-order valence-corrected chi connectivity index (χ4v) is 4.68. The van der Waals surface area contributed by atoms with Crippen LogP contribution < -0.4 is 10.1 Å². The molecule has 4 aromatic rings. The van der Waals surface area contributed by atoms with Crippen LogP contribution in [0.25, 0.3) is 10.2 Å². The molecule has 8 heteroatoms. The van der Waals surface area contributed by atoms with Crippen molar-refractivity contribution in [3.63, 3.8) is 0 Å².